The maximum atomic E-state index is 12.2. The van der Waals surface area contributed by atoms with Crippen LogP contribution in [0.4, 0.5) is 8.63 Å². The van der Waals surface area contributed by atoms with Crippen LogP contribution in [0, 0.1) is 0 Å². The van der Waals surface area contributed by atoms with Gasteiger partial charge in [0.15, 0.2) is 0 Å². The van der Waals surface area contributed by atoms with E-state index in [9.17, 15) is 8.63 Å². The van der Waals surface area contributed by atoms with E-state index in [4.69, 9.17) is 4.74 Å². The molecule has 92 valence electrons. The van der Waals surface area contributed by atoms with E-state index in [-0.39, 0.29) is 6.44 Å². The van der Waals surface area contributed by atoms with Crippen LogP contribution in [-0.4, -0.2) is 68.9 Å². The molecule has 2 heterocycles. The topological polar surface area (TPSA) is 15.7 Å². The van der Waals surface area contributed by atoms with Crippen LogP contribution < -0.4 is 0 Å². The minimum Gasteiger partial charge on any atom is -0.379 e. The summed E-state index contributed by atoms with van der Waals surface area (Å²) in [4.78, 5) is 4.32. The lowest BCUT2D eigenvalue weighted by Crippen LogP contribution is -2.49. The number of hydrogen-bond acceptors (Lipinski definition) is 3. The molecule has 0 aromatic carbocycles. The molecule has 2 aliphatic heterocycles. The molecule has 0 aromatic heterocycles. The zero-order valence-electron chi connectivity index (χ0n) is 9.58. The summed E-state index contributed by atoms with van der Waals surface area (Å²) in [6.45, 7) is 5.26. The van der Waals surface area contributed by atoms with E-state index in [2.05, 4.69) is 4.90 Å². The molecule has 0 atom stereocenters. The van der Waals surface area contributed by atoms with Gasteiger partial charge in [0.1, 0.15) is 0 Å². The molecular formula is C10H19BF2N2O. The smallest absolute Gasteiger partial charge is 0.379 e. The highest BCUT2D eigenvalue weighted by molar-refractivity contribution is 6.42. The molecule has 0 aliphatic carbocycles. The third-order valence-corrected chi connectivity index (χ3v) is 3.52. The second-order valence-electron chi connectivity index (χ2n) is 4.57. The van der Waals surface area contributed by atoms with Crippen molar-refractivity contribution in [2.24, 2.45) is 0 Å². The molecule has 2 saturated heterocycles. The van der Waals surface area contributed by atoms with Gasteiger partial charge >= 0.3 is 7.27 Å². The number of ether oxygens (including phenoxy) is 1. The van der Waals surface area contributed by atoms with Crippen molar-refractivity contribution in [3.63, 3.8) is 0 Å². The van der Waals surface area contributed by atoms with Crippen LogP contribution in [0.25, 0.3) is 0 Å². The average Bonchev–Trinajstić information content (AvgIpc) is 2.30. The second-order valence-corrected chi connectivity index (χ2v) is 4.57. The van der Waals surface area contributed by atoms with Crippen molar-refractivity contribution in [1.82, 2.24) is 9.80 Å². The first-order valence-electron chi connectivity index (χ1n) is 6.08. The van der Waals surface area contributed by atoms with Crippen molar-refractivity contribution in [2.45, 2.75) is 18.9 Å². The summed E-state index contributed by atoms with van der Waals surface area (Å²) < 4.78 is 29.7. The Balaban J connectivity index is 1.71. The van der Waals surface area contributed by atoms with Crippen molar-refractivity contribution in [1.29, 1.82) is 0 Å². The predicted octanol–water partition coefficient (Wildman–Crippen LogP) is 0.749. The lowest BCUT2D eigenvalue weighted by Gasteiger charge is -2.39. The molecule has 2 rings (SSSR count). The summed E-state index contributed by atoms with van der Waals surface area (Å²) in [6.07, 6.45) is 1.98. The van der Waals surface area contributed by atoms with E-state index in [0.29, 0.717) is 6.04 Å². The Morgan fingerprint density at radius 3 is 2.25 bits per heavy atom. The number of morpholine rings is 1. The molecule has 0 aromatic rings. The molecule has 0 N–H and O–H groups in total. The van der Waals surface area contributed by atoms with Gasteiger partial charge in [-0.2, -0.15) is 0 Å². The number of halogens is 2. The van der Waals surface area contributed by atoms with Gasteiger partial charge in [0.2, 0.25) is 0 Å². The third-order valence-electron chi connectivity index (χ3n) is 3.52. The maximum absolute atomic E-state index is 12.2. The first-order chi connectivity index (χ1) is 7.75. The van der Waals surface area contributed by atoms with Crippen molar-refractivity contribution in [3.8, 4) is 0 Å². The van der Waals surface area contributed by atoms with Gasteiger partial charge in [-0.15, -0.1) is 0 Å². The highest BCUT2D eigenvalue weighted by Gasteiger charge is 2.27. The Morgan fingerprint density at radius 1 is 1.06 bits per heavy atom. The summed E-state index contributed by atoms with van der Waals surface area (Å²) in [6, 6.07) is 0.581. The van der Waals surface area contributed by atoms with Crippen LogP contribution in [0.3, 0.4) is 0 Å². The van der Waals surface area contributed by atoms with E-state index >= 15 is 0 Å². The lowest BCUT2D eigenvalue weighted by atomic mass is 9.95. The van der Waals surface area contributed by atoms with Gasteiger partial charge in [-0.1, -0.05) is 0 Å². The number of piperidine rings is 1. The average molecular weight is 232 g/mol. The lowest BCUT2D eigenvalue weighted by molar-refractivity contribution is 0.00202. The molecule has 0 radical (unpaired) electrons. The molecule has 0 unspecified atom stereocenters. The van der Waals surface area contributed by atoms with Gasteiger partial charge in [0, 0.05) is 25.6 Å². The highest BCUT2D eigenvalue weighted by atomic mass is 19.2. The normalized spacial score (nSPS) is 25.9. The monoisotopic (exact) mass is 232 g/mol. The summed E-state index contributed by atoms with van der Waals surface area (Å²) in [5, 5.41) is 0. The Hall–Kier alpha value is -0.195. The van der Waals surface area contributed by atoms with E-state index in [0.717, 1.165) is 52.2 Å². The van der Waals surface area contributed by atoms with Gasteiger partial charge in [0.25, 0.3) is 0 Å². The quantitative estimate of drug-likeness (QED) is 0.668. The van der Waals surface area contributed by atoms with E-state index < -0.39 is 7.27 Å². The predicted molar refractivity (Wildman–Crippen MR) is 59.8 cm³/mol. The van der Waals surface area contributed by atoms with Crippen molar-refractivity contribution < 1.29 is 13.4 Å². The molecule has 0 amide bonds. The van der Waals surface area contributed by atoms with Crippen LogP contribution in [0.15, 0.2) is 0 Å². The number of likely N-dealkylation sites (tertiary alicyclic amines) is 1. The standard InChI is InChI=1S/C10H19BF2N2O/c12-11(13)9-14-3-1-10(2-4-14)15-5-7-16-8-6-15/h10H,1-9H2. The van der Waals surface area contributed by atoms with Crippen molar-refractivity contribution in [2.75, 3.05) is 45.8 Å². The molecule has 0 saturated carbocycles. The first-order valence-corrected chi connectivity index (χ1v) is 6.08. The van der Waals surface area contributed by atoms with E-state index in [1.807, 2.05) is 4.90 Å². The zero-order valence-corrected chi connectivity index (χ0v) is 9.58. The number of hydrogen-bond donors (Lipinski definition) is 0. The highest BCUT2D eigenvalue weighted by Crippen LogP contribution is 2.17. The van der Waals surface area contributed by atoms with E-state index in [1.54, 1.807) is 0 Å². The Labute approximate surface area is 95.9 Å². The van der Waals surface area contributed by atoms with Gasteiger partial charge in [-0.25, -0.2) is 0 Å². The minimum absolute atomic E-state index is 0.0597. The number of nitrogens with zero attached hydrogens (tertiary/aromatic N) is 2. The van der Waals surface area contributed by atoms with Gasteiger partial charge in [0.05, 0.1) is 13.2 Å². The Kier molecular flexibility index (Phi) is 4.55. The van der Waals surface area contributed by atoms with Crippen LogP contribution >= 0.6 is 0 Å². The van der Waals surface area contributed by atoms with E-state index in [1.165, 1.54) is 0 Å². The Bertz CT molecular complexity index is 207. The molecule has 2 aliphatic rings. The zero-order chi connectivity index (χ0) is 11.4. The summed E-state index contributed by atoms with van der Waals surface area (Å²) in [5.41, 5.74) is 0. The van der Waals surface area contributed by atoms with Crippen LogP contribution in [0.5, 0.6) is 0 Å². The summed E-state index contributed by atoms with van der Waals surface area (Å²) in [5.74, 6) is 0. The maximum Gasteiger partial charge on any atom is 0.551 e. The minimum atomic E-state index is -2.19. The summed E-state index contributed by atoms with van der Waals surface area (Å²) in [7, 11) is -2.19. The van der Waals surface area contributed by atoms with Gasteiger partial charge in [-0.3, -0.25) is 13.5 Å². The second kappa shape index (κ2) is 5.93. The number of rotatable bonds is 3. The van der Waals surface area contributed by atoms with Crippen LogP contribution in [0.2, 0.25) is 0 Å². The molecular weight excluding hydrogens is 213 g/mol. The third kappa shape index (κ3) is 3.40. The molecule has 0 spiro atoms. The molecule has 2 fully saturated rings. The van der Waals surface area contributed by atoms with Crippen LogP contribution in [-0.2, 0) is 4.74 Å². The fourth-order valence-electron chi connectivity index (χ4n) is 2.60. The van der Waals surface area contributed by atoms with Crippen molar-refractivity contribution in [3.05, 3.63) is 0 Å². The fraction of sp³-hybridized carbons (Fsp3) is 1.00. The Morgan fingerprint density at radius 2 is 1.69 bits per heavy atom. The van der Waals surface area contributed by atoms with Crippen molar-refractivity contribution >= 4 is 7.27 Å². The van der Waals surface area contributed by atoms with Gasteiger partial charge in [-0.05, 0) is 25.9 Å². The molecule has 3 nitrogen and oxygen atoms in total. The SMILES string of the molecule is FB(F)CN1CCC(N2CCOCC2)CC1. The van der Waals surface area contributed by atoms with Gasteiger partial charge < -0.3 is 9.64 Å². The van der Waals surface area contributed by atoms with Crippen LogP contribution in [0.1, 0.15) is 12.8 Å². The largest absolute Gasteiger partial charge is 0.551 e. The molecule has 6 heteroatoms. The fourth-order valence-corrected chi connectivity index (χ4v) is 2.60. The molecule has 0 bridgehead atoms. The molecule has 16 heavy (non-hydrogen) atoms. The first kappa shape index (κ1) is 12.3. The summed E-state index contributed by atoms with van der Waals surface area (Å²) >= 11 is 0.